The van der Waals surface area contributed by atoms with Gasteiger partial charge in [0.2, 0.25) is 0 Å². The van der Waals surface area contributed by atoms with Gasteiger partial charge in [0.25, 0.3) is 0 Å². The monoisotopic (exact) mass is 292 g/mol. The first-order valence-corrected chi connectivity index (χ1v) is 8.48. The Bertz CT molecular complexity index is 394. The Labute approximate surface area is 101 Å². The summed E-state index contributed by atoms with van der Waals surface area (Å²) in [6.07, 6.45) is 1.41. The number of hydrogen-bond acceptors (Lipinski definition) is 3. The van der Waals surface area contributed by atoms with Crippen molar-refractivity contribution in [2.24, 2.45) is 0 Å². The molecule has 1 aliphatic rings. The van der Waals surface area contributed by atoms with Crippen LogP contribution >= 0.6 is 10.3 Å². The second-order valence-corrected chi connectivity index (χ2v) is 9.10. The van der Waals surface area contributed by atoms with Crippen LogP contribution in [0.15, 0.2) is 12.2 Å². The highest BCUT2D eigenvalue weighted by Crippen LogP contribution is 2.58. The Morgan fingerprint density at radius 1 is 1.35 bits per heavy atom. The molecule has 0 aromatic heterocycles. The van der Waals surface area contributed by atoms with E-state index in [2.05, 4.69) is 10.2 Å². The Morgan fingerprint density at radius 2 is 1.82 bits per heavy atom. The Kier molecular flexibility index (Phi) is 4.20. The summed E-state index contributed by atoms with van der Waals surface area (Å²) in [4.78, 5) is 0. The fraction of sp³-hybridized carbons (Fsp3) is 0.778. The van der Waals surface area contributed by atoms with Crippen molar-refractivity contribution >= 4 is 20.4 Å². The third-order valence-corrected chi connectivity index (χ3v) is 7.83. The molecule has 1 rings (SSSR count). The van der Waals surface area contributed by atoms with Gasteiger partial charge in [0.1, 0.15) is 0 Å². The normalized spacial score (nSPS) is 22.4. The van der Waals surface area contributed by atoms with Crippen molar-refractivity contribution in [3.8, 4) is 0 Å². The van der Waals surface area contributed by atoms with Crippen LogP contribution in [0.5, 0.6) is 0 Å². The van der Waals surface area contributed by atoms with E-state index >= 15 is 0 Å². The first-order chi connectivity index (χ1) is 7.58. The zero-order valence-electron chi connectivity index (χ0n) is 9.42. The van der Waals surface area contributed by atoms with Crippen molar-refractivity contribution in [1.82, 2.24) is 0 Å². The summed E-state index contributed by atoms with van der Waals surface area (Å²) < 4.78 is 63.4. The molecule has 1 aliphatic heterocycles. The van der Waals surface area contributed by atoms with Gasteiger partial charge in [0, 0.05) is 17.3 Å². The summed E-state index contributed by atoms with van der Waals surface area (Å²) in [6.45, 7) is 5.28. The van der Waals surface area contributed by atoms with E-state index in [1.54, 1.807) is 6.92 Å². The minimum absolute atomic E-state index is 0.225. The molecule has 0 aromatic rings. The number of halogens is 3. The maximum Gasteiger partial charge on any atom is 0.523 e. The van der Waals surface area contributed by atoms with Crippen molar-refractivity contribution < 1.29 is 25.2 Å². The van der Waals surface area contributed by atoms with E-state index in [0.29, 0.717) is 29.9 Å². The molecule has 17 heavy (non-hydrogen) atoms. The molecule has 0 spiro atoms. The van der Waals surface area contributed by atoms with Gasteiger partial charge >= 0.3 is 15.6 Å². The van der Waals surface area contributed by atoms with E-state index in [1.165, 1.54) is 0 Å². The van der Waals surface area contributed by atoms with Crippen LogP contribution in [0.2, 0.25) is 0 Å². The van der Waals surface area contributed by atoms with Crippen LogP contribution < -0.4 is 0 Å². The van der Waals surface area contributed by atoms with Crippen LogP contribution in [-0.4, -0.2) is 31.2 Å². The average molecular weight is 292 g/mol. The van der Waals surface area contributed by atoms with Gasteiger partial charge in [-0.2, -0.15) is 21.6 Å². The molecule has 1 fully saturated rings. The van der Waals surface area contributed by atoms with Gasteiger partial charge < -0.3 is 0 Å². The van der Waals surface area contributed by atoms with Crippen LogP contribution in [0.1, 0.15) is 19.8 Å². The van der Waals surface area contributed by atoms with Gasteiger partial charge in [0.15, 0.2) is 0 Å². The number of alkyl halides is 3. The molecule has 8 heteroatoms. The van der Waals surface area contributed by atoms with Crippen molar-refractivity contribution in [1.29, 1.82) is 0 Å². The highest BCUT2D eigenvalue weighted by molar-refractivity contribution is 8.33. The molecule has 0 amide bonds. The summed E-state index contributed by atoms with van der Waals surface area (Å²) in [6, 6.07) is 0. The Morgan fingerprint density at radius 3 is 2.18 bits per heavy atom. The minimum Gasteiger partial charge on any atom is -0.213 e. The van der Waals surface area contributed by atoms with Crippen LogP contribution in [0.25, 0.3) is 0 Å². The molecular weight excluding hydrogens is 277 g/mol. The highest BCUT2D eigenvalue weighted by Gasteiger charge is 2.51. The van der Waals surface area contributed by atoms with E-state index < -0.39 is 25.9 Å². The summed E-state index contributed by atoms with van der Waals surface area (Å²) >= 11 is 0. The lowest BCUT2D eigenvalue weighted by Gasteiger charge is -2.34. The van der Waals surface area contributed by atoms with Gasteiger partial charge in [-0.15, -0.1) is 10.3 Å². The van der Waals surface area contributed by atoms with Gasteiger partial charge in [0.05, 0.1) is 0 Å². The molecule has 1 heterocycles. The smallest absolute Gasteiger partial charge is 0.213 e. The molecule has 0 unspecified atom stereocenters. The molecule has 0 aromatic carbocycles. The fourth-order valence-corrected chi connectivity index (χ4v) is 7.16. The van der Waals surface area contributed by atoms with Crippen molar-refractivity contribution in [2.75, 3.05) is 17.3 Å². The number of rotatable bonds is 4. The molecule has 3 nitrogen and oxygen atoms in total. The molecule has 0 saturated carbocycles. The average Bonchev–Trinajstić information content (AvgIpc) is 2.48. The summed E-state index contributed by atoms with van der Waals surface area (Å²) in [7, 11) is -7.70. The molecule has 0 aliphatic carbocycles. The predicted molar refractivity (Wildman–Crippen MR) is 62.3 cm³/mol. The maximum absolute atomic E-state index is 12.3. The minimum atomic E-state index is -5.49. The van der Waals surface area contributed by atoms with Crippen molar-refractivity contribution in [3.63, 3.8) is 0 Å². The quantitative estimate of drug-likeness (QED) is 0.591. The zero-order chi connectivity index (χ0) is 13.3. The molecular formula is C9H15F3O3S2. The lowest BCUT2D eigenvalue weighted by Crippen LogP contribution is -2.28. The second-order valence-electron chi connectivity index (χ2n) is 4.15. The molecule has 102 valence electrons. The van der Waals surface area contributed by atoms with E-state index in [-0.39, 0.29) is 5.75 Å². The third kappa shape index (κ3) is 3.62. The summed E-state index contributed by atoms with van der Waals surface area (Å²) in [5, 5.41) is 0. The Balaban J connectivity index is 2.92. The largest absolute Gasteiger partial charge is 0.523 e. The van der Waals surface area contributed by atoms with Gasteiger partial charge in [-0.1, -0.05) is 12.2 Å². The lowest BCUT2D eigenvalue weighted by atomic mass is 10.4. The SMILES string of the molecule is C=C(C)CS1(OS(=O)(=O)C(F)(F)F)CCCC1. The molecule has 0 N–H and O–H groups in total. The van der Waals surface area contributed by atoms with Crippen LogP contribution in [0.4, 0.5) is 13.2 Å². The summed E-state index contributed by atoms with van der Waals surface area (Å²) in [5.41, 5.74) is -4.69. The Hall–Kier alpha value is -0.210. The first-order valence-electron chi connectivity index (χ1n) is 5.01. The van der Waals surface area contributed by atoms with E-state index in [0.717, 1.165) is 0 Å². The topological polar surface area (TPSA) is 43.4 Å². The molecule has 1 saturated heterocycles. The van der Waals surface area contributed by atoms with Crippen molar-refractivity contribution in [3.05, 3.63) is 12.2 Å². The van der Waals surface area contributed by atoms with Crippen molar-refractivity contribution in [2.45, 2.75) is 25.3 Å². The fourth-order valence-electron chi connectivity index (χ4n) is 1.75. The van der Waals surface area contributed by atoms with Crippen LogP contribution in [0.3, 0.4) is 0 Å². The number of hydrogen-bond donors (Lipinski definition) is 0. The molecule has 0 atom stereocenters. The summed E-state index contributed by atoms with van der Waals surface area (Å²) in [5.74, 6) is 1.02. The third-order valence-electron chi connectivity index (χ3n) is 2.31. The second kappa shape index (κ2) is 4.81. The lowest BCUT2D eigenvalue weighted by molar-refractivity contribution is -0.0496. The van der Waals surface area contributed by atoms with E-state index in [9.17, 15) is 21.6 Å². The molecule has 0 radical (unpaired) electrons. The maximum atomic E-state index is 12.3. The van der Waals surface area contributed by atoms with Gasteiger partial charge in [-0.05, 0) is 19.8 Å². The highest BCUT2D eigenvalue weighted by atomic mass is 32.3. The van der Waals surface area contributed by atoms with Crippen LogP contribution in [-0.2, 0) is 13.7 Å². The van der Waals surface area contributed by atoms with E-state index in [1.807, 2.05) is 0 Å². The standard InChI is InChI=1S/C9H15F3O3S2/c1-8(2)7-16(5-3-4-6-16)15-17(13,14)9(10,11)12/h1,3-7H2,2H3. The predicted octanol–water partition coefficient (Wildman–Crippen LogP) is 2.94. The molecule has 0 bridgehead atoms. The van der Waals surface area contributed by atoms with Crippen LogP contribution in [0, 0.1) is 0 Å². The van der Waals surface area contributed by atoms with Gasteiger partial charge in [-0.25, -0.2) is 3.63 Å². The first kappa shape index (κ1) is 14.8. The van der Waals surface area contributed by atoms with E-state index in [4.69, 9.17) is 0 Å². The van der Waals surface area contributed by atoms with Gasteiger partial charge in [-0.3, -0.25) is 0 Å². The zero-order valence-corrected chi connectivity index (χ0v) is 11.1.